The first-order chi connectivity index (χ1) is 15.7. The highest BCUT2D eigenvalue weighted by Gasteiger charge is 2.29. The number of nitrogens with one attached hydrogen (secondary N) is 1. The lowest BCUT2D eigenvalue weighted by Crippen LogP contribution is -2.50. The van der Waals surface area contributed by atoms with E-state index in [-0.39, 0.29) is 30.4 Å². The number of piperazine rings is 1. The van der Waals surface area contributed by atoms with Gasteiger partial charge < -0.3 is 5.32 Å². The minimum Gasteiger partial charge on any atom is -0.301 e. The fourth-order valence-corrected chi connectivity index (χ4v) is 6.05. The Hall–Kier alpha value is -2.08. The van der Waals surface area contributed by atoms with Gasteiger partial charge in [0.15, 0.2) is 5.13 Å². The van der Waals surface area contributed by atoms with Gasteiger partial charge in [-0.25, -0.2) is 17.8 Å². The van der Waals surface area contributed by atoms with E-state index in [4.69, 9.17) is 23.2 Å². The normalized spacial score (nSPS) is 15.5. The Labute approximate surface area is 204 Å². The molecular weight excluding hydrogens is 510 g/mol. The number of amides is 1. The molecule has 1 N–H and O–H groups in total. The van der Waals surface area contributed by atoms with E-state index in [0.29, 0.717) is 34.0 Å². The second-order valence-corrected chi connectivity index (χ2v) is 11.0. The zero-order valence-corrected chi connectivity index (χ0v) is 20.3. The Morgan fingerprint density at radius 2 is 1.79 bits per heavy atom. The number of thiazole rings is 1. The Bertz CT molecular complexity index is 1260. The summed E-state index contributed by atoms with van der Waals surface area (Å²) in [6, 6.07) is 9.87. The van der Waals surface area contributed by atoms with Gasteiger partial charge in [0, 0.05) is 42.1 Å². The molecule has 4 rings (SSSR count). The number of hydrogen-bond donors (Lipinski definition) is 1. The topological polar surface area (TPSA) is 82.6 Å². The van der Waals surface area contributed by atoms with Crippen molar-refractivity contribution in [2.45, 2.75) is 4.90 Å². The molecule has 12 heteroatoms. The largest absolute Gasteiger partial charge is 0.301 e. The van der Waals surface area contributed by atoms with Crippen molar-refractivity contribution in [3.05, 3.63) is 63.7 Å². The molecule has 1 aromatic heterocycles. The summed E-state index contributed by atoms with van der Waals surface area (Å²) in [6.45, 7) is 1.39. The van der Waals surface area contributed by atoms with Gasteiger partial charge in [-0.2, -0.15) is 4.31 Å². The number of carbonyl (C=O) groups excluding carboxylic acids is 1. The van der Waals surface area contributed by atoms with Crippen molar-refractivity contribution < 1.29 is 17.6 Å². The zero-order valence-electron chi connectivity index (χ0n) is 17.2. The third-order valence-corrected chi connectivity index (χ3v) is 8.33. The molecular formula is C21H19Cl2FN4O3S2. The molecule has 2 heterocycles. The smallest absolute Gasteiger partial charge is 0.243 e. The molecule has 1 aliphatic heterocycles. The van der Waals surface area contributed by atoms with Crippen LogP contribution in [0.25, 0.3) is 11.3 Å². The Morgan fingerprint density at radius 1 is 1.09 bits per heavy atom. The second-order valence-electron chi connectivity index (χ2n) is 7.34. The number of halogens is 3. The van der Waals surface area contributed by atoms with E-state index in [9.17, 15) is 17.6 Å². The van der Waals surface area contributed by atoms with Crippen molar-refractivity contribution in [3.8, 4) is 11.3 Å². The summed E-state index contributed by atoms with van der Waals surface area (Å²) in [5.41, 5.74) is 1.35. The van der Waals surface area contributed by atoms with Crippen molar-refractivity contribution in [2.75, 3.05) is 38.0 Å². The average Bonchev–Trinajstić information content (AvgIpc) is 3.22. The maximum Gasteiger partial charge on any atom is 0.243 e. The molecule has 0 spiro atoms. The van der Waals surface area contributed by atoms with Crippen molar-refractivity contribution in [3.63, 3.8) is 0 Å². The molecule has 2 aromatic carbocycles. The van der Waals surface area contributed by atoms with E-state index < -0.39 is 15.8 Å². The fraction of sp³-hybridized carbons (Fsp3) is 0.238. The van der Waals surface area contributed by atoms with E-state index in [2.05, 4.69) is 10.3 Å². The number of rotatable bonds is 6. The Balaban J connectivity index is 1.31. The number of benzene rings is 2. The van der Waals surface area contributed by atoms with Gasteiger partial charge in [0.05, 0.1) is 22.2 Å². The molecule has 0 atom stereocenters. The average molecular weight is 529 g/mol. The van der Waals surface area contributed by atoms with Crippen LogP contribution in [-0.2, 0) is 14.8 Å². The van der Waals surface area contributed by atoms with Crippen LogP contribution in [0.15, 0.2) is 52.7 Å². The summed E-state index contributed by atoms with van der Waals surface area (Å²) in [6.07, 6.45) is 0. The number of nitrogens with zero attached hydrogens (tertiary/aromatic N) is 3. The van der Waals surface area contributed by atoms with E-state index >= 15 is 0 Å². The van der Waals surface area contributed by atoms with Crippen LogP contribution >= 0.6 is 34.5 Å². The summed E-state index contributed by atoms with van der Waals surface area (Å²) >= 11 is 13.4. The highest BCUT2D eigenvalue weighted by atomic mass is 35.5. The molecule has 0 bridgehead atoms. The van der Waals surface area contributed by atoms with E-state index in [1.54, 1.807) is 23.6 Å². The standard InChI is InChI=1S/C21H19Cl2FN4O3S2/c22-14-1-6-17(18(23)11-14)19-13-32-21(25-19)26-20(29)12-27-7-9-28(10-8-27)33(30,31)16-4-2-15(24)3-5-16/h1-6,11,13H,7-10,12H2,(H,25,26,29). The lowest BCUT2D eigenvalue weighted by atomic mass is 10.2. The monoisotopic (exact) mass is 528 g/mol. The molecule has 7 nitrogen and oxygen atoms in total. The number of sulfonamides is 1. The van der Waals surface area contributed by atoms with Crippen molar-refractivity contribution in [1.29, 1.82) is 0 Å². The lowest BCUT2D eigenvalue weighted by Gasteiger charge is -2.33. The summed E-state index contributed by atoms with van der Waals surface area (Å²) in [5, 5.41) is 6.01. The highest BCUT2D eigenvalue weighted by Crippen LogP contribution is 2.32. The molecule has 0 aliphatic carbocycles. The van der Waals surface area contributed by atoms with Crippen LogP contribution in [-0.4, -0.2) is 61.2 Å². The second kappa shape index (κ2) is 10.0. The Kier molecular flexibility index (Phi) is 7.32. The van der Waals surface area contributed by atoms with Crippen LogP contribution in [0.1, 0.15) is 0 Å². The first-order valence-electron chi connectivity index (χ1n) is 9.91. The predicted molar refractivity (Wildman–Crippen MR) is 128 cm³/mol. The minimum atomic E-state index is -3.70. The third-order valence-electron chi connectivity index (χ3n) is 5.11. The van der Waals surface area contributed by atoms with Gasteiger partial charge in [-0.1, -0.05) is 23.2 Å². The first-order valence-corrected chi connectivity index (χ1v) is 13.0. The van der Waals surface area contributed by atoms with Gasteiger partial charge in [0.25, 0.3) is 0 Å². The SMILES string of the molecule is O=C(CN1CCN(S(=O)(=O)c2ccc(F)cc2)CC1)Nc1nc(-c2ccc(Cl)cc2Cl)cs1. The molecule has 0 saturated carbocycles. The Morgan fingerprint density at radius 3 is 2.45 bits per heavy atom. The van der Waals surface area contributed by atoms with Crippen LogP contribution in [0.2, 0.25) is 10.0 Å². The first kappa shape index (κ1) is 24.1. The summed E-state index contributed by atoms with van der Waals surface area (Å²) in [5.74, 6) is -0.735. The minimum absolute atomic E-state index is 0.0513. The maximum absolute atomic E-state index is 13.1. The summed E-state index contributed by atoms with van der Waals surface area (Å²) in [4.78, 5) is 18.8. The van der Waals surface area contributed by atoms with E-state index in [1.165, 1.54) is 27.8 Å². The van der Waals surface area contributed by atoms with Crippen molar-refractivity contribution in [1.82, 2.24) is 14.2 Å². The van der Waals surface area contributed by atoms with Crippen LogP contribution in [0.5, 0.6) is 0 Å². The molecule has 1 fully saturated rings. The van der Waals surface area contributed by atoms with Gasteiger partial charge in [-0.15, -0.1) is 11.3 Å². The maximum atomic E-state index is 13.1. The molecule has 0 unspecified atom stereocenters. The number of carbonyl (C=O) groups is 1. The summed E-state index contributed by atoms with van der Waals surface area (Å²) in [7, 11) is -3.70. The lowest BCUT2D eigenvalue weighted by molar-refractivity contribution is -0.117. The van der Waals surface area contributed by atoms with Crippen LogP contribution in [0, 0.1) is 5.82 Å². The van der Waals surface area contributed by atoms with E-state index in [1.807, 2.05) is 4.90 Å². The van der Waals surface area contributed by atoms with Gasteiger partial charge in [-0.05, 0) is 42.5 Å². The molecule has 33 heavy (non-hydrogen) atoms. The van der Waals surface area contributed by atoms with Gasteiger partial charge in [-0.3, -0.25) is 9.69 Å². The van der Waals surface area contributed by atoms with E-state index in [0.717, 1.165) is 17.7 Å². The molecule has 3 aromatic rings. The molecule has 1 saturated heterocycles. The fourth-order valence-electron chi connectivity index (χ4n) is 3.40. The quantitative estimate of drug-likeness (QED) is 0.518. The highest BCUT2D eigenvalue weighted by molar-refractivity contribution is 7.89. The summed E-state index contributed by atoms with van der Waals surface area (Å²) < 4.78 is 39.9. The molecule has 174 valence electrons. The number of hydrogen-bond acceptors (Lipinski definition) is 6. The third kappa shape index (κ3) is 5.71. The van der Waals surface area contributed by atoms with Crippen LogP contribution < -0.4 is 5.32 Å². The van der Waals surface area contributed by atoms with Crippen molar-refractivity contribution >= 4 is 55.6 Å². The predicted octanol–water partition coefficient (Wildman–Crippen LogP) is 4.20. The number of anilines is 1. The van der Waals surface area contributed by atoms with Crippen LogP contribution in [0.3, 0.4) is 0 Å². The molecule has 1 amide bonds. The zero-order chi connectivity index (χ0) is 23.6. The van der Waals surface area contributed by atoms with Crippen LogP contribution in [0.4, 0.5) is 9.52 Å². The number of aromatic nitrogens is 1. The molecule has 0 radical (unpaired) electrons. The van der Waals surface area contributed by atoms with Gasteiger partial charge in [0.1, 0.15) is 5.82 Å². The van der Waals surface area contributed by atoms with Gasteiger partial charge >= 0.3 is 0 Å². The van der Waals surface area contributed by atoms with Crippen molar-refractivity contribution in [2.24, 2.45) is 0 Å². The van der Waals surface area contributed by atoms with Gasteiger partial charge in [0.2, 0.25) is 15.9 Å². The molecule has 1 aliphatic rings.